The zero-order valence-electron chi connectivity index (χ0n) is 27.0. The molecule has 12 nitrogen and oxygen atoms in total. The molecule has 0 aliphatic rings. The van der Waals surface area contributed by atoms with Gasteiger partial charge in [-0.2, -0.15) is 0 Å². The zero-order chi connectivity index (χ0) is 31.3. The number of rotatable bonds is 37. The number of ether oxygens (including phenoxy) is 12. The molecule has 1 aromatic rings. The number of hydrogen-bond acceptors (Lipinski definition) is 12. The molecule has 0 saturated heterocycles. The van der Waals surface area contributed by atoms with Crippen molar-refractivity contribution in [2.75, 3.05) is 152 Å². The third-order valence-corrected chi connectivity index (χ3v) is 5.60. The summed E-state index contributed by atoms with van der Waals surface area (Å²) < 4.78 is 65.7. The topological polar surface area (TPSA) is 111 Å². The van der Waals surface area contributed by atoms with Crippen LogP contribution in [0.25, 0.3) is 0 Å². The summed E-state index contributed by atoms with van der Waals surface area (Å²) in [5.41, 5.74) is 0. The fraction of sp³-hybridized carbons (Fsp3) is 0.812. The van der Waals surface area contributed by atoms with Crippen molar-refractivity contribution in [3.8, 4) is 5.75 Å². The Morgan fingerprint density at radius 2 is 0.568 bits per heavy atom. The lowest BCUT2D eigenvalue weighted by Gasteiger charge is -2.09. The maximum Gasteiger partial charge on any atom is 0.119 e. The fourth-order valence-electron chi connectivity index (χ4n) is 3.28. The molecule has 0 N–H and O–H groups in total. The molecule has 0 fully saturated rings. The fourth-order valence-corrected chi connectivity index (χ4v) is 3.28. The quantitative estimate of drug-likeness (QED) is 0.100. The minimum absolute atomic E-state index is 0.515. The van der Waals surface area contributed by atoms with E-state index in [0.717, 1.165) is 25.2 Å². The van der Waals surface area contributed by atoms with Crippen molar-refractivity contribution < 1.29 is 56.8 Å². The lowest BCUT2D eigenvalue weighted by molar-refractivity contribution is -0.0277. The molecule has 0 aliphatic carbocycles. The van der Waals surface area contributed by atoms with E-state index < -0.39 is 0 Å². The maximum absolute atomic E-state index is 5.55. The minimum Gasteiger partial charge on any atom is -0.491 e. The number of hydrogen-bond donors (Lipinski definition) is 0. The summed E-state index contributed by atoms with van der Waals surface area (Å²) in [6.45, 7) is 14.7. The van der Waals surface area contributed by atoms with Gasteiger partial charge in [-0.25, -0.2) is 0 Å². The lowest BCUT2D eigenvalue weighted by Crippen LogP contribution is -2.15. The van der Waals surface area contributed by atoms with E-state index in [0.29, 0.717) is 145 Å². The van der Waals surface area contributed by atoms with Gasteiger partial charge in [0.2, 0.25) is 0 Å². The standard InChI is InChI=1S/C32H58O12/c1-2-3-9-33-10-11-34-12-13-35-14-15-36-16-17-37-18-19-38-20-21-39-22-23-40-24-25-41-26-27-42-28-29-43-30-31-44-32-7-5-4-6-8-32/h4-8H,2-3,9-31H2,1H3. The summed E-state index contributed by atoms with van der Waals surface area (Å²) in [4.78, 5) is 0. The van der Waals surface area contributed by atoms with Crippen molar-refractivity contribution >= 4 is 0 Å². The number of para-hydroxylation sites is 1. The first-order valence-electron chi connectivity index (χ1n) is 16.0. The van der Waals surface area contributed by atoms with Crippen LogP contribution in [0.1, 0.15) is 19.8 Å². The normalized spacial score (nSPS) is 11.4. The van der Waals surface area contributed by atoms with Gasteiger partial charge >= 0.3 is 0 Å². The molecule has 0 radical (unpaired) electrons. The Morgan fingerprint density at radius 3 is 0.841 bits per heavy atom. The molecule has 0 bridgehead atoms. The molecule has 44 heavy (non-hydrogen) atoms. The van der Waals surface area contributed by atoms with Crippen molar-refractivity contribution in [1.82, 2.24) is 0 Å². The number of benzene rings is 1. The van der Waals surface area contributed by atoms with Gasteiger partial charge in [0.15, 0.2) is 0 Å². The summed E-state index contributed by atoms with van der Waals surface area (Å²) >= 11 is 0. The van der Waals surface area contributed by atoms with Gasteiger partial charge in [0, 0.05) is 6.61 Å². The summed E-state index contributed by atoms with van der Waals surface area (Å²) in [7, 11) is 0. The summed E-state index contributed by atoms with van der Waals surface area (Å²) in [5, 5.41) is 0. The highest BCUT2D eigenvalue weighted by molar-refractivity contribution is 5.20. The van der Waals surface area contributed by atoms with Gasteiger partial charge in [-0.05, 0) is 18.6 Å². The van der Waals surface area contributed by atoms with Crippen LogP contribution in [0.4, 0.5) is 0 Å². The van der Waals surface area contributed by atoms with E-state index in [-0.39, 0.29) is 0 Å². The van der Waals surface area contributed by atoms with E-state index in [4.69, 9.17) is 56.8 Å². The van der Waals surface area contributed by atoms with Gasteiger partial charge in [-0.15, -0.1) is 0 Å². The molecular formula is C32H58O12. The Hall–Kier alpha value is -1.42. The molecular weight excluding hydrogens is 576 g/mol. The third kappa shape index (κ3) is 32.0. The van der Waals surface area contributed by atoms with E-state index in [1.54, 1.807) is 0 Å². The molecule has 0 atom stereocenters. The monoisotopic (exact) mass is 634 g/mol. The van der Waals surface area contributed by atoms with Crippen molar-refractivity contribution in [3.63, 3.8) is 0 Å². The van der Waals surface area contributed by atoms with Gasteiger partial charge in [0.1, 0.15) is 12.4 Å². The SMILES string of the molecule is CCCCOCCOCCOCCOCCOCCOCCOCCOCCOCCOCCOCCOc1ccccc1. The summed E-state index contributed by atoms with van der Waals surface area (Å²) in [5.74, 6) is 0.845. The highest BCUT2D eigenvalue weighted by atomic mass is 16.6. The molecule has 0 spiro atoms. The Morgan fingerprint density at radius 1 is 0.318 bits per heavy atom. The zero-order valence-corrected chi connectivity index (χ0v) is 27.0. The average Bonchev–Trinajstić information content (AvgIpc) is 3.05. The first-order valence-corrected chi connectivity index (χ1v) is 16.0. The molecule has 1 rings (SSSR count). The van der Waals surface area contributed by atoms with Crippen LogP contribution in [0, 0.1) is 0 Å². The predicted octanol–water partition coefficient (Wildman–Crippen LogP) is 3.05. The Balaban J connectivity index is 1.61. The van der Waals surface area contributed by atoms with Crippen molar-refractivity contribution in [3.05, 3.63) is 30.3 Å². The van der Waals surface area contributed by atoms with E-state index in [2.05, 4.69) is 6.92 Å². The Labute approximate surface area is 264 Å². The van der Waals surface area contributed by atoms with Gasteiger partial charge in [0.05, 0.1) is 139 Å². The highest BCUT2D eigenvalue weighted by Gasteiger charge is 1.97. The van der Waals surface area contributed by atoms with Gasteiger partial charge in [-0.3, -0.25) is 0 Å². The van der Waals surface area contributed by atoms with Crippen molar-refractivity contribution in [2.45, 2.75) is 19.8 Å². The van der Waals surface area contributed by atoms with Crippen LogP contribution in [-0.2, 0) is 52.1 Å². The summed E-state index contributed by atoms with van der Waals surface area (Å²) in [6.07, 6.45) is 2.24. The molecule has 0 aromatic heterocycles. The minimum atomic E-state index is 0.515. The van der Waals surface area contributed by atoms with Gasteiger partial charge in [0.25, 0.3) is 0 Å². The largest absolute Gasteiger partial charge is 0.491 e. The molecule has 1 aromatic carbocycles. The number of unbranched alkanes of at least 4 members (excludes halogenated alkanes) is 1. The van der Waals surface area contributed by atoms with E-state index in [1.807, 2.05) is 30.3 Å². The Kier molecular flexibility index (Phi) is 33.3. The highest BCUT2D eigenvalue weighted by Crippen LogP contribution is 2.07. The summed E-state index contributed by atoms with van der Waals surface area (Å²) in [6, 6.07) is 9.68. The van der Waals surface area contributed by atoms with Crippen LogP contribution in [-0.4, -0.2) is 152 Å². The molecule has 258 valence electrons. The first-order chi connectivity index (χ1) is 21.9. The average molecular weight is 635 g/mol. The maximum atomic E-state index is 5.55. The first kappa shape index (κ1) is 40.6. The van der Waals surface area contributed by atoms with Gasteiger partial charge < -0.3 is 56.8 Å². The Bertz CT molecular complexity index is 655. The van der Waals surface area contributed by atoms with Crippen molar-refractivity contribution in [2.24, 2.45) is 0 Å². The van der Waals surface area contributed by atoms with Crippen LogP contribution in [0.15, 0.2) is 30.3 Å². The van der Waals surface area contributed by atoms with Crippen LogP contribution < -0.4 is 4.74 Å². The van der Waals surface area contributed by atoms with Crippen LogP contribution in [0.3, 0.4) is 0 Å². The molecule has 12 heteroatoms. The van der Waals surface area contributed by atoms with Crippen molar-refractivity contribution in [1.29, 1.82) is 0 Å². The molecule has 0 heterocycles. The van der Waals surface area contributed by atoms with E-state index >= 15 is 0 Å². The second-order valence-electron chi connectivity index (χ2n) is 9.25. The second kappa shape index (κ2) is 36.1. The smallest absolute Gasteiger partial charge is 0.119 e. The lowest BCUT2D eigenvalue weighted by atomic mass is 10.3. The van der Waals surface area contributed by atoms with E-state index in [9.17, 15) is 0 Å². The third-order valence-electron chi connectivity index (χ3n) is 5.60. The van der Waals surface area contributed by atoms with Crippen LogP contribution in [0.5, 0.6) is 5.75 Å². The predicted molar refractivity (Wildman–Crippen MR) is 166 cm³/mol. The molecule has 0 amide bonds. The molecule has 0 aliphatic heterocycles. The van der Waals surface area contributed by atoms with Crippen LogP contribution >= 0.6 is 0 Å². The second-order valence-corrected chi connectivity index (χ2v) is 9.25. The van der Waals surface area contributed by atoms with Crippen LogP contribution in [0.2, 0.25) is 0 Å². The molecule has 0 unspecified atom stereocenters. The van der Waals surface area contributed by atoms with E-state index in [1.165, 1.54) is 0 Å². The molecule has 0 saturated carbocycles. The van der Waals surface area contributed by atoms with Gasteiger partial charge in [-0.1, -0.05) is 31.5 Å².